The zero-order valence-electron chi connectivity index (χ0n) is 10.1. The van der Waals surface area contributed by atoms with E-state index in [0.717, 1.165) is 32.2 Å². The van der Waals surface area contributed by atoms with Crippen LogP contribution in [0.5, 0.6) is 0 Å². The third-order valence-corrected chi connectivity index (χ3v) is 4.11. The molecule has 0 aromatic carbocycles. The maximum atomic E-state index is 12.7. The molecule has 0 spiro atoms. The molecule has 2 nitrogen and oxygen atoms in total. The SMILES string of the molecule is NC1(CN2CCCC(C(F)(F)F)C2)CCCC1. The van der Waals surface area contributed by atoms with Gasteiger partial charge >= 0.3 is 6.18 Å². The Balaban J connectivity index is 1.89. The Kier molecular flexibility index (Phi) is 3.69. The summed E-state index contributed by atoms with van der Waals surface area (Å²) >= 11 is 0. The number of nitrogens with two attached hydrogens (primary N) is 1. The molecule has 100 valence electrons. The van der Waals surface area contributed by atoms with Crippen molar-refractivity contribution in [3.05, 3.63) is 0 Å². The normalized spacial score (nSPS) is 30.7. The predicted octanol–water partition coefficient (Wildman–Crippen LogP) is 2.53. The number of alkyl halides is 3. The lowest BCUT2D eigenvalue weighted by atomic mass is 9.93. The van der Waals surface area contributed by atoms with Crippen LogP contribution >= 0.6 is 0 Å². The van der Waals surface area contributed by atoms with Crippen LogP contribution in [0, 0.1) is 5.92 Å². The number of hydrogen-bond donors (Lipinski definition) is 1. The molecule has 1 heterocycles. The van der Waals surface area contributed by atoms with Crippen LogP contribution in [-0.2, 0) is 0 Å². The Morgan fingerprint density at radius 3 is 2.41 bits per heavy atom. The van der Waals surface area contributed by atoms with Gasteiger partial charge in [-0.1, -0.05) is 12.8 Å². The summed E-state index contributed by atoms with van der Waals surface area (Å²) in [5.74, 6) is -1.15. The topological polar surface area (TPSA) is 29.3 Å². The number of piperidine rings is 1. The molecule has 0 aromatic heterocycles. The molecule has 1 aliphatic heterocycles. The highest BCUT2D eigenvalue weighted by Crippen LogP contribution is 2.35. The van der Waals surface area contributed by atoms with E-state index in [1.807, 2.05) is 4.90 Å². The molecule has 17 heavy (non-hydrogen) atoms. The molecule has 2 N–H and O–H groups in total. The van der Waals surface area contributed by atoms with E-state index in [2.05, 4.69) is 0 Å². The first-order valence-corrected chi connectivity index (χ1v) is 6.47. The molecule has 0 radical (unpaired) electrons. The third-order valence-electron chi connectivity index (χ3n) is 4.11. The van der Waals surface area contributed by atoms with E-state index in [4.69, 9.17) is 5.73 Å². The third kappa shape index (κ3) is 3.35. The summed E-state index contributed by atoms with van der Waals surface area (Å²) in [7, 11) is 0. The molecule has 1 atom stereocenters. The van der Waals surface area contributed by atoms with Crippen LogP contribution in [0.25, 0.3) is 0 Å². The summed E-state index contributed by atoms with van der Waals surface area (Å²) < 4.78 is 38.0. The van der Waals surface area contributed by atoms with Gasteiger partial charge in [0, 0.05) is 18.6 Å². The minimum absolute atomic E-state index is 0.141. The number of nitrogens with zero attached hydrogens (tertiary/aromatic N) is 1. The van der Waals surface area contributed by atoms with Gasteiger partial charge in [-0.05, 0) is 32.2 Å². The Bertz CT molecular complexity index is 259. The fourth-order valence-electron chi connectivity index (χ4n) is 3.15. The molecule has 2 fully saturated rings. The largest absolute Gasteiger partial charge is 0.393 e. The van der Waals surface area contributed by atoms with Gasteiger partial charge in [0.2, 0.25) is 0 Å². The number of hydrogen-bond acceptors (Lipinski definition) is 2. The minimum Gasteiger partial charge on any atom is -0.324 e. The highest BCUT2D eigenvalue weighted by Gasteiger charge is 2.43. The van der Waals surface area contributed by atoms with E-state index in [1.165, 1.54) is 0 Å². The van der Waals surface area contributed by atoms with Crippen LogP contribution in [-0.4, -0.2) is 36.2 Å². The van der Waals surface area contributed by atoms with Crippen LogP contribution in [0.15, 0.2) is 0 Å². The molecule has 1 unspecified atom stereocenters. The maximum absolute atomic E-state index is 12.7. The van der Waals surface area contributed by atoms with Crippen LogP contribution in [0.2, 0.25) is 0 Å². The predicted molar refractivity (Wildman–Crippen MR) is 60.6 cm³/mol. The molecule has 0 bridgehead atoms. The summed E-state index contributed by atoms with van der Waals surface area (Å²) in [5, 5.41) is 0. The first kappa shape index (κ1) is 13.1. The van der Waals surface area contributed by atoms with Crippen LogP contribution in [0.4, 0.5) is 13.2 Å². The molecule has 5 heteroatoms. The Morgan fingerprint density at radius 2 is 1.82 bits per heavy atom. The van der Waals surface area contributed by atoms with E-state index in [9.17, 15) is 13.2 Å². The second-order valence-corrected chi connectivity index (χ2v) is 5.69. The number of halogens is 3. The van der Waals surface area contributed by atoms with Crippen molar-refractivity contribution in [1.82, 2.24) is 4.90 Å². The summed E-state index contributed by atoms with van der Waals surface area (Å²) in [6.45, 7) is 1.55. The molecule has 2 aliphatic rings. The van der Waals surface area contributed by atoms with Gasteiger partial charge in [0.25, 0.3) is 0 Å². The standard InChI is InChI=1S/C12H21F3N2/c13-12(14,15)10-4-3-7-17(8-10)9-11(16)5-1-2-6-11/h10H,1-9,16H2. The quantitative estimate of drug-likeness (QED) is 0.816. The summed E-state index contributed by atoms with van der Waals surface area (Å²) in [6, 6.07) is 0. The van der Waals surface area contributed by atoms with E-state index < -0.39 is 12.1 Å². The van der Waals surface area contributed by atoms with Gasteiger partial charge < -0.3 is 10.6 Å². The van der Waals surface area contributed by atoms with E-state index in [1.54, 1.807) is 0 Å². The number of likely N-dealkylation sites (tertiary alicyclic amines) is 1. The average molecular weight is 250 g/mol. The van der Waals surface area contributed by atoms with Gasteiger partial charge in [-0.2, -0.15) is 13.2 Å². The van der Waals surface area contributed by atoms with Crippen LogP contribution < -0.4 is 5.73 Å². The van der Waals surface area contributed by atoms with Crippen molar-refractivity contribution in [2.75, 3.05) is 19.6 Å². The second kappa shape index (κ2) is 4.76. The van der Waals surface area contributed by atoms with Crippen molar-refractivity contribution in [2.45, 2.75) is 50.2 Å². The lowest BCUT2D eigenvalue weighted by molar-refractivity contribution is -0.187. The molecule has 1 aliphatic carbocycles. The van der Waals surface area contributed by atoms with Gasteiger partial charge in [0.15, 0.2) is 0 Å². The van der Waals surface area contributed by atoms with Crippen molar-refractivity contribution >= 4 is 0 Å². The van der Waals surface area contributed by atoms with Crippen molar-refractivity contribution in [3.63, 3.8) is 0 Å². The zero-order chi connectivity index (χ0) is 12.5. The molecular formula is C12H21F3N2. The van der Waals surface area contributed by atoms with Gasteiger partial charge in [0.1, 0.15) is 0 Å². The van der Waals surface area contributed by atoms with Crippen molar-refractivity contribution in [2.24, 2.45) is 11.7 Å². The molecule has 0 aromatic rings. The molecule has 1 saturated carbocycles. The maximum Gasteiger partial charge on any atom is 0.393 e. The lowest BCUT2D eigenvalue weighted by Crippen LogP contribution is -2.52. The average Bonchev–Trinajstić information content (AvgIpc) is 2.64. The Hall–Kier alpha value is -0.290. The van der Waals surface area contributed by atoms with Gasteiger partial charge in [-0.3, -0.25) is 0 Å². The van der Waals surface area contributed by atoms with Crippen LogP contribution in [0.3, 0.4) is 0 Å². The van der Waals surface area contributed by atoms with E-state index in [-0.39, 0.29) is 18.5 Å². The second-order valence-electron chi connectivity index (χ2n) is 5.69. The van der Waals surface area contributed by atoms with E-state index in [0.29, 0.717) is 13.0 Å². The van der Waals surface area contributed by atoms with Crippen molar-refractivity contribution < 1.29 is 13.2 Å². The highest BCUT2D eigenvalue weighted by molar-refractivity contribution is 4.93. The molecular weight excluding hydrogens is 229 g/mol. The van der Waals surface area contributed by atoms with Gasteiger partial charge in [0.05, 0.1) is 5.92 Å². The van der Waals surface area contributed by atoms with Crippen molar-refractivity contribution in [3.8, 4) is 0 Å². The summed E-state index contributed by atoms with van der Waals surface area (Å²) in [5.41, 5.74) is 5.99. The molecule has 1 saturated heterocycles. The van der Waals surface area contributed by atoms with E-state index >= 15 is 0 Å². The van der Waals surface area contributed by atoms with Crippen molar-refractivity contribution in [1.29, 1.82) is 0 Å². The minimum atomic E-state index is -4.05. The Morgan fingerprint density at radius 1 is 1.18 bits per heavy atom. The van der Waals surface area contributed by atoms with Crippen LogP contribution in [0.1, 0.15) is 38.5 Å². The first-order chi connectivity index (χ1) is 7.89. The smallest absolute Gasteiger partial charge is 0.324 e. The highest BCUT2D eigenvalue weighted by atomic mass is 19.4. The van der Waals surface area contributed by atoms with Gasteiger partial charge in [-0.15, -0.1) is 0 Å². The first-order valence-electron chi connectivity index (χ1n) is 6.47. The summed E-state index contributed by atoms with van der Waals surface area (Å²) in [4.78, 5) is 1.92. The molecule has 2 rings (SSSR count). The monoisotopic (exact) mass is 250 g/mol. The zero-order valence-corrected chi connectivity index (χ0v) is 10.1. The fourth-order valence-corrected chi connectivity index (χ4v) is 3.15. The summed E-state index contributed by atoms with van der Waals surface area (Å²) in [6.07, 6.45) is 1.02. The van der Waals surface area contributed by atoms with Gasteiger partial charge in [-0.25, -0.2) is 0 Å². The molecule has 0 amide bonds. The fraction of sp³-hybridized carbons (Fsp3) is 1.00. The Labute approximate surface area is 100 Å². The lowest BCUT2D eigenvalue weighted by Gasteiger charge is -2.38. The number of rotatable bonds is 2.